The van der Waals surface area contributed by atoms with Gasteiger partial charge in [0.2, 0.25) is 5.78 Å². The van der Waals surface area contributed by atoms with Gasteiger partial charge < -0.3 is 14.9 Å². The molecule has 3 fully saturated rings. The zero-order valence-electron chi connectivity index (χ0n) is 19.3. The van der Waals surface area contributed by atoms with Crippen LogP contribution in [0.1, 0.15) is 78.6 Å². The van der Waals surface area contributed by atoms with Crippen molar-refractivity contribution in [3.05, 3.63) is 11.6 Å². The fraction of sp³-hybridized carbons (Fsp3) is 0.800. The van der Waals surface area contributed by atoms with Gasteiger partial charge in [0.1, 0.15) is 12.3 Å². The molecule has 6 nitrogen and oxygen atoms in total. The Kier molecular flexibility index (Phi) is 5.69. The Morgan fingerprint density at radius 1 is 1.19 bits per heavy atom. The Hall–Kier alpha value is -1.60. The largest absolute Gasteiger partial charge is 0.450 e. The predicted molar refractivity (Wildman–Crippen MR) is 114 cm³/mol. The first kappa shape index (κ1) is 23.6. The van der Waals surface area contributed by atoms with E-state index in [-0.39, 0.29) is 37.4 Å². The Bertz CT molecular complexity index is 868. The van der Waals surface area contributed by atoms with E-state index in [9.17, 15) is 24.6 Å². The molecule has 2 N–H and O–H groups in total. The van der Waals surface area contributed by atoms with E-state index in [1.807, 2.05) is 20.8 Å². The van der Waals surface area contributed by atoms with Crippen molar-refractivity contribution in [3.8, 4) is 0 Å². The summed E-state index contributed by atoms with van der Waals surface area (Å²) in [6.07, 6.45) is 3.25. The lowest BCUT2D eigenvalue weighted by atomic mass is 9.44. The summed E-state index contributed by atoms with van der Waals surface area (Å²) in [7, 11) is 0. The minimum absolute atomic E-state index is 0.00549. The first-order valence-corrected chi connectivity index (χ1v) is 12.0. The van der Waals surface area contributed by atoms with E-state index in [2.05, 4.69) is 0 Å². The SMILES string of the molecule is CCCC(=O)O[C@@]1(C(=O)CO)CC[C@H]2[C@@H]3CCC4=CC(=O)CC[C@]4(C)[C@@]3(F)[C@@H](O)C[C@@]21C. The second kappa shape index (κ2) is 7.73. The highest BCUT2D eigenvalue weighted by atomic mass is 19.1. The standard InChI is InChI=1S/C25H35FO6/c1-4-5-21(31)32-24(20(30)14-27)11-9-17-18-7-6-15-12-16(28)8-10-22(15,2)25(18,26)19(29)13-23(17,24)3/h12,17-19,27,29H,4-11,13-14H2,1-3H3/t17-,18-,19-,22-,23-,24+,25-/m0/s1. The summed E-state index contributed by atoms with van der Waals surface area (Å²) in [5.41, 5.74) is -4.61. The highest BCUT2D eigenvalue weighted by Crippen LogP contribution is 2.70. The molecule has 0 heterocycles. The zero-order valence-corrected chi connectivity index (χ0v) is 19.3. The Morgan fingerprint density at radius 2 is 1.91 bits per heavy atom. The average molecular weight is 451 g/mol. The van der Waals surface area contributed by atoms with Gasteiger partial charge in [0.15, 0.2) is 11.4 Å². The number of hydrogen-bond acceptors (Lipinski definition) is 6. The molecule has 0 aromatic rings. The number of alkyl halides is 1. The van der Waals surface area contributed by atoms with E-state index in [1.54, 1.807) is 6.08 Å². The number of esters is 1. The van der Waals surface area contributed by atoms with Gasteiger partial charge in [-0.25, -0.2) is 4.39 Å². The van der Waals surface area contributed by atoms with Crippen molar-refractivity contribution in [2.24, 2.45) is 22.7 Å². The fourth-order valence-corrected chi connectivity index (χ4v) is 7.82. The molecule has 0 aromatic carbocycles. The van der Waals surface area contributed by atoms with Crippen molar-refractivity contribution in [1.29, 1.82) is 0 Å². The van der Waals surface area contributed by atoms with E-state index in [4.69, 9.17) is 4.74 Å². The smallest absolute Gasteiger partial charge is 0.306 e. The van der Waals surface area contributed by atoms with Crippen LogP contribution in [0.4, 0.5) is 4.39 Å². The van der Waals surface area contributed by atoms with Crippen LogP contribution >= 0.6 is 0 Å². The van der Waals surface area contributed by atoms with Gasteiger partial charge in [-0.05, 0) is 56.9 Å². The third-order valence-electron chi connectivity index (χ3n) is 9.50. The third-order valence-corrected chi connectivity index (χ3v) is 9.50. The van der Waals surface area contributed by atoms with E-state index >= 15 is 4.39 Å². The molecule has 178 valence electrons. The van der Waals surface area contributed by atoms with Crippen molar-refractivity contribution in [2.75, 3.05) is 6.61 Å². The molecule has 0 bridgehead atoms. The molecule has 0 radical (unpaired) electrons. The molecule has 4 aliphatic carbocycles. The van der Waals surface area contributed by atoms with Crippen LogP contribution in [0.3, 0.4) is 0 Å². The molecule has 7 heteroatoms. The molecule has 32 heavy (non-hydrogen) atoms. The summed E-state index contributed by atoms with van der Waals surface area (Å²) in [6, 6.07) is 0. The van der Waals surface area contributed by atoms with Crippen molar-refractivity contribution in [3.63, 3.8) is 0 Å². The van der Waals surface area contributed by atoms with Crippen LogP contribution in [0.25, 0.3) is 0 Å². The number of ether oxygens (including phenoxy) is 1. The molecular formula is C25H35FO6. The van der Waals surface area contributed by atoms with Crippen LogP contribution in [0.15, 0.2) is 11.6 Å². The summed E-state index contributed by atoms with van der Waals surface area (Å²) >= 11 is 0. The van der Waals surface area contributed by atoms with Crippen molar-refractivity contribution in [2.45, 2.75) is 95.9 Å². The number of aliphatic hydroxyl groups excluding tert-OH is 2. The first-order valence-electron chi connectivity index (χ1n) is 12.0. The zero-order chi connectivity index (χ0) is 23.5. The quantitative estimate of drug-likeness (QED) is 0.624. The van der Waals surface area contributed by atoms with Gasteiger partial charge in [0.25, 0.3) is 0 Å². The third kappa shape index (κ3) is 2.86. The van der Waals surface area contributed by atoms with E-state index < -0.39 is 52.5 Å². The topological polar surface area (TPSA) is 101 Å². The molecule has 4 rings (SSSR count). The maximum atomic E-state index is 17.1. The Labute approximate surface area is 188 Å². The normalized spacial score (nSPS) is 45.4. The maximum absolute atomic E-state index is 17.1. The lowest BCUT2D eigenvalue weighted by Crippen LogP contribution is -2.70. The predicted octanol–water partition coefficient (Wildman–Crippen LogP) is 3.22. The first-order chi connectivity index (χ1) is 15.0. The number of carbonyl (C=O) groups excluding carboxylic acids is 3. The molecule has 0 amide bonds. The van der Waals surface area contributed by atoms with Crippen molar-refractivity contribution < 1.29 is 33.7 Å². The van der Waals surface area contributed by atoms with Crippen LogP contribution < -0.4 is 0 Å². The highest BCUT2D eigenvalue weighted by molar-refractivity contribution is 5.92. The van der Waals surface area contributed by atoms with Crippen LogP contribution in [-0.4, -0.2) is 51.7 Å². The number of fused-ring (bicyclic) bond motifs is 5. The van der Waals surface area contributed by atoms with E-state index in [0.717, 1.165) is 5.57 Å². The number of allylic oxidation sites excluding steroid dienone is 1. The minimum atomic E-state index is -1.92. The lowest BCUT2D eigenvalue weighted by Gasteiger charge is -2.63. The van der Waals surface area contributed by atoms with Gasteiger partial charge >= 0.3 is 5.97 Å². The van der Waals surface area contributed by atoms with E-state index in [1.165, 1.54) is 0 Å². The summed E-state index contributed by atoms with van der Waals surface area (Å²) in [4.78, 5) is 37.6. The Morgan fingerprint density at radius 3 is 2.56 bits per heavy atom. The summed E-state index contributed by atoms with van der Waals surface area (Å²) < 4.78 is 23.0. The second-order valence-corrected chi connectivity index (χ2v) is 10.8. The fourth-order valence-electron chi connectivity index (χ4n) is 7.82. The maximum Gasteiger partial charge on any atom is 0.306 e. The van der Waals surface area contributed by atoms with Crippen LogP contribution in [0.5, 0.6) is 0 Å². The number of ketones is 2. The number of hydrogen-bond donors (Lipinski definition) is 2. The summed E-state index contributed by atoms with van der Waals surface area (Å²) in [5.74, 6) is -1.88. The number of Topliss-reactive ketones (excluding diaryl/α,β-unsaturated/α-hetero) is 1. The lowest BCUT2D eigenvalue weighted by molar-refractivity contribution is -0.233. The molecular weight excluding hydrogens is 415 g/mol. The van der Waals surface area contributed by atoms with Crippen LogP contribution in [0.2, 0.25) is 0 Å². The average Bonchev–Trinajstić information content (AvgIpc) is 3.02. The molecule has 0 saturated heterocycles. The number of halogens is 1. The Balaban J connectivity index is 1.78. The molecule has 4 aliphatic rings. The molecule has 0 unspecified atom stereocenters. The highest BCUT2D eigenvalue weighted by Gasteiger charge is 2.75. The van der Waals surface area contributed by atoms with Crippen LogP contribution in [0, 0.1) is 22.7 Å². The van der Waals surface area contributed by atoms with Gasteiger partial charge in [-0.3, -0.25) is 14.4 Å². The van der Waals surface area contributed by atoms with Crippen molar-refractivity contribution in [1.82, 2.24) is 0 Å². The van der Waals surface area contributed by atoms with Gasteiger partial charge in [-0.2, -0.15) is 0 Å². The van der Waals surface area contributed by atoms with Crippen LogP contribution in [-0.2, 0) is 19.1 Å². The van der Waals surface area contributed by atoms with Gasteiger partial charge in [-0.1, -0.05) is 26.3 Å². The molecule has 0 aromatic heterocycles. The summed E-state index contributed by atoms with van der Waals surface area (Å²) in [5, 5.41) is 21.1. The number of carbonyl (C=O) groups is 3. The van der Waals surface area contributed by atoms with Crippen molar-refractivity contribution >= 4 is 17.5 Å². The number of aliphatic hydroxyl groups is 2. The molecule has 0 spiro atoms. The molecule has 7 atom stereocenters. The monoisotopic (exact) mass is 450 g/mol. The second-order valence-electron chi connectivity index (χ2n) is 10.8. The van der Waals surface area contributed by atoms with E-state index in [0.29, 0.717) is 32.1 Å². The van der Waals surface area contributed by atoms with Gasteiger partial charge in [-0.15, -0.1) is 0 Å². The van der Waals surface area contributed by atoms with Gasteiger partial charge in [0.05, 0.1) is 6.10 Å². The summed E-state index contributed by atoms with van der Waals surface area (Å²) in [6.45, 7) is 4.71. The molecule has 0 aliphatic heterocycles. The number of rotatable bonds is 5. The van der Waals surface area contributed by atoms with Gasteiger partial charge in [0, 0.05) is 29.6 Å². The minimum Gasteiger partial charge on any atom is -0.450 e. The molecule has 3 saturated carbocycles.